The van der Waals surface area contributed by atoms with Crippen molar-refractivity contribution in [3.05, 3.63) is 106 Å². The van der Waals surface area contributed by atoms with Crippen molar-refractivity contribution in [2.24, 2.45) is 29.6 Å². The van der Waals surface area contributed by atoms with Gasteiger partial charge in [0.05, 0.1) is 0 Å². The first-order chi connectivity index (χ1) is 22.2. The minimum absolute atomic E-state index is 0.679. The predicted octanol–water partition coefficient (Wildman–Crippen LogP) is 11.0. The van der Waals surface area contributed by atoms with E-state index in [1.54, 1.807) is 45.1 Å². The van der Waals surface area contributed by atoms with Gasteiger partial charge in [0.25, 0.3) is 0 Å². The van der Waals surface area contributed by atoms with E-state index in [-0.39, 0.29) is 0 Å². The summed E-state index contributed by atoms with van der Waals surface area (Å²) in [6, 6.07) is 1.39. The summed E-state index contributed by atoms with van der Waals surface area (Å²) in [5, 5.41) is 0. The number of nitrogens with zero attached hydrogens (tertiary/aromatic N) is 2. The van der Waals surface area contributed by atoms with Crippen molar-refractivity contribution in [3.63, 3.8) is 0 Å². The van der Waals surface area contributed by atoms with E-state index < -0.39 is 0 Å². The lowest BCUT2D eigenvalue weighted by molar-refractivity contribution is 0.165. The first-order valence-corrected chi connectivity index (χ1v) is 19.1. The molecule has 2 aliphatic heterocycles. The van der Waals surface area contributed by atoms with E-state index in [1.165, 1.54) is 109 Å². The predicted molar refractivity (Wildman–Crippen MR) is 187 cm³/mol. The van der Waals surface area contributed by atoms with Gasteiger partial charge in [-0.3, -0.25) is 0 Å². The molecule has 2 heterocycles. The lowest BCUT2D eigenvalue weighted by atomic mass is 9.68. The Kier molecular flexibility index (Phi) is 7.47. The zero-order valence-corrected chi connectivity index (χ0v) is 27.7. The molecule has 0 bridgehead atoms. The molecule has 2 saturated carbocycles. The van der Waals surface area contributed by atoms with Crippen LogP contribution in [0, 0.1) is 29.6 Å². The lowest BCUT2D eigenvalue weighted by Gasteiger charge is -2.40. The third-order valence-electron chi connectivity index (χ3n) is 13.4. The van der Waals surface area contributed by atoms with Crippen LogP contribution in [-0.4, -0.2) is 21.9 Å². The molecule has 0 aromatic carbocycles. The number of hydrogen-bond donors (Lipinski definition) is 0. The molecule has 7 aliphatic carbocycles. The largest absolute Gasteiger partial charge is 0.342 e. The zero-order valence-electron chi connectivity index (χ0n) is 27.7. The molecule has 0 radical (unpaired) electrons. The summed E-state index contributed by atoms with van der Waals surface area (Å²) in [6.07, 6.45) is 47.5. The molecule has 0 amide bonds. The SMILES string of the molecule is CC1CCC2C(C1)C1=CC(C3CCC4C(C3)C3=CCCC=C3N4C3=CCCCC3)CC=C1N2C1=CC=C(C2=CC=CCC2)CC1. The smallest absolute Gasteiger partial charge is 0.0408 e. The average molecular weight is 599 g/mol. The minimum Gasteiger partial charge on any atom is -0.342 e. The summed E-state index contributed by atoms with van der Waals surface area (Å²) in [4.78, 5) is 5.74. The Morgan fingerprint density at radius 2 is 1.44 bits per heavy atom. The van der Waals surface area contributed by atoms with Crippen LogP contribution in [0.1, 0.15) is 116 Å². The Hall–Kier alpha value is -2.74. The monoisotopic (exact) mass is 598 g/mol. The third-order valence-corrected chi connectivity index (χ3v) is 13.4. The van der Waals surface area contributed by atoms with Crippen LogP contribution in [0.5, 0.6) is 0 Å². The number of hydrogen-bond acceptors (Lipinski definition) is 2. The quantitative estimate of drug-likeness (QED) is 0.318. The van der Waals surface area contributed by atoms with Crippen molar-refractivity contribution in [3.8, 4) is 0 Å². The van der Waals surface area contributed by atoms with Crippen LogP contribution in [0.2, 0.25) is 0 Å². The molecule has 0 spiro atoms. The maximum absolute atomic E-state index is 2.87. The maximum Gasteiger partial charge on any atom is 0.0408 e. The number of allylic oxidation sites excluding steroid dienone is 16. The highest BCUT2D eigenvalue weighted by atomic mass is 15.2. The highest BCUT2D eigenvalue weighted by molar-refractivity contribution is 5.49. The highest BCUT2D eigenvalue weighted by Gasteiger charge is 2.49. The van der Waals surface area contributed by atoms with E-state index in [1.807, 2.05) is 0 Å². The first-order valence-electron chi connectivity index (χ1n) is 19.1. The van der Waals surface area contributed by atoms with Crippen molar-refractivity contribution in [2.75, 3.05) is 0 Å². The molecular formula is C43H54N2. The third kappa shape index (κ3) is 4.96. The summed E-state index contributed by atoms with van der Waals surface area (Å²) in [6.45, 7) is 2.52. The van der Waals surface area contributed by atoms with E-state index >= 15 is 0 Å². The fraction of sp³-hybridized carbons (Fsp3) is 0.581. The van der Waals surface area contributed by atoms with E-state index in [0.717, 1.165) is 29.6 Å². The summed E-state index contributed by atoms with van der Waals surface area (Å²) < 4.78 is 0. The van der Waals surface area contributed by atoms with Crippen molar-refractivity contribution >= 4 is 0 Å². The van der Waals surface area contributed by atoms with Crippen LogP contribution >= 0.6 is 0 Å². The Bertz CT molecular complexity index is 1500. The van der Waals surface area contributed by atoms with Crippen LogP contribution in [0.25, 0.3) is 0 Å². The topological polar surface area (TPSA) is 6.48 Å². The second kappa shape index (κ2) is 11.8. The highest BCUT2D eigenvalue weighted by Crippen LogP contribution is 2.56. The molecule has 2 nitrogen and oxygen atoms in total. The van der Waals surface area contributed by atoms with Gasteiger partial charge >= 0.3 is 0 Å². The van der Waals surface area contributed by atoms with Gasteiger partial charge < -0.3 is 9.80 Å². The van der Waals surface area contributed by atoms with E-state index in [9.17, 15) is 0 Å². The van der Waals surface area contributed by atoms with Gasteiger partial charge in [0.15, 0.2) is 0 Å². The van der Waals surface area contributed by atoms with E-state index in [2.05, 4.69) is 77.5 Å². The number of fused-ring (bicyclic) bond motifs is 6. The second-order valence-corrected chi connectivity index (χ2v) is 16.0. The normalized spacial score (nSPS) is 37.5. The number of rotatable bonds is 4. The fourth-order valence-corrected chi connectivity index (χ4v) is 11.2. The molecule has 7 atom stereocenters. The van der Waals surface area contributed by atoms with Gasteiger partial charge in [-0.15, -0.1) is 0 Å². The zero-order chi connectivity index (χ0) is 29.9. The van der Waals surface area contributed by atoms with E-state index in [0.29, 0.717) is 12.1 Å². The first kappa shape index (κ1) is 28.5. The molecule has 0 aromatic heterocycles. The number of likely N-dealkylation sites (tertiary alicyclic amines) is 2. The molecule has 236 valence electrons. The van der Waals surface area contributed by atoms with Gasteiger partial charge in [-0.1, -0.05) is 61.6 Å². The summed E-state index contributed by atoms with van der Waals surface area (Å²) in [5.41, 5.74) is 13.1. The van der Waals surface area contributed by atoms with Crippen LogP contribution in [0.3, 0.4) is 0 Å². The van der Waals surface area contributed by atoms with Gasteiger partial charge in [-0.25, -0.2) is 0 Å². The van der Waals surface area contributed by atoms with Gasteiger partial charge in [0, 0.05) is 46.7 Å². The van der Waals surface area contributed by atoms with Crippen LogP contribution in [0.15, 0.2) is 106 Å². The van der Waals surface area contributed by atoms with Crippen LogP contribution in [-0.2, 0) is 0 Å². The molecule has 45 heavy (non-hydrogen) atoms. The van der Waals surface area contributed by atoms with Gasteiger partial charge in [-0.2, -0.15) is 0 Å². The molecule has 0 aromatic rings. The summed E-state index contributed by atoms with van der Waals surface area (Å²) in [5.74, 6) is 3.87. The Labute approximate surface area is 272 Å². The van der Waals surface area contributed by atoms with Gasteiger partial charge in [0.1, 0.15) is 0 Å². The lowest BCUT2D eigenvalue weighted by Crippen LogP contribution is -2.37. The average Bonchev–Trinajstić information content (AvgIpc) is 3.61. The van der Waals surface area contributed by atoms with Gasteiger partial charge in [-0.05, 0) is 155 Å². The van der Waals surface area contributed by atoms with Crippen LogP contribution in [0.4, 0.5) is 0 Å². The fourth-order valence-electron chi connectivity index (χ4n) is 11.2. The molecule has 7 unspecified atom stereocenters. The Morgan fingerprint density at radius 1 is 0.622 bits per heavy atom. The molecular weight excluding hydrogens is 544 g/mol. The second-order valence-electron chi connectivity index (χ2n) is 16.0. The minimum atomic E-state index is 0.679. The molecule has 4 fully saturated rings. The van der Waals surface area contributed by atoms with Crippen molar-refractivity contribution < 1.29 is 0 Å². The Morgan fingerprint density at radius 3 is 2.27 bits per heavy atom. The Balaban J connectivity index is 0.976. The summed E-state index contributed by atoms with van der Waals surface area (Å²) >= 11 is 0. The molecule has 2 saturated heterocycles. The molecule has 9 aliphatic rings. The van der Waals surface area contributed by atoms with Crippen molar-refractivity contribution in [2.45, 2.75) is 128 Å². The molecule has 2 heteroatoms. The standard InChI is InChI=1S/C43H54N2/c1-29-16-23-41-37(26-29)39-28-33(20-25-43(39)45(41)35-21-17-31(18-22-35)30-10-4-2-5-11-30)32-19-24-42-38(27-32)36-14-8-9-15-40(36)44(42)34-12-6-3-7-13-34/h2,4,10,12,14-15,17,21,25,28-29,32-33,37-38,41-42H,3,5-9,11,13,16,18-20,22-24,26-27H2,1H3. The summed E-state index contributed by atoms with van der Waals surface area (Å²) in [7, 11) is 0. The van der Waals surface area contributed by atoms with Gasteiger partial charge in [0.2, 0.25) is 0 Å². The van der Waals surface area contributed by atoms with Crippen molar-refractivity contribution in [1.29, 1.82) is 0 Å². The van der Waals surface area contributed by atoms with E-state index in [4.69, 9.17) is 0 Å². The maximum atomic E-state index is 2.87. The van der Waals surface area contributed by atoms with Crippen molar-refractivity contribution in [1.82, 2.24) is 9.80 Å². The molecule has 0 N–H and O–H groups in total. The molecule has 9 rings (SSSR count). The van der Waals surface area contributed by atoms with Crippen LogP contribution < -0.4 is 0 Å².